The summed E-state index contributed by atoms with van der Waals surface area (Å²) in [6.45, 7) is 14.5. The second-order valence-corrected chi connectivity index (χ2v) is 12.4. The number of hydrogen-bond donors (Lipinski definition) is 0. The number of ether oxygens (including phenoxy) is 3. The fraction of sp³-hybridized carbons (Fsp3) is 0.432. The third kappa shape index (κ3) is 6.10. The summed E-state index contributed by atoms with van der Waals surface area (Å²) in [6.07, 6.45) is 17.3. The molecule has 0 aliphatic carbocycles. The van der Waals surface area contributed by atoms with E-state index in [4.69, 9.17) is 14.2 Å². The zero-order valence-electron chi connectivity index (χ0n) is 26.2. The highest BCUT2D eigenvalue weighted by molar-refractivity contribution is 6.03. The van der Waals surface area contributed by atoms with Crippen LogP contribution in [0, 0.1) is 0 Å². The molecule has 2 aromatic rings. The Morgan fingerprint density at radius 3 is 2.43 bits per heavy atom. The Bertz CT molecular complexity index is 1410. The fourth-order valence-electron chi connectivity index (χ4n) is 6.50. The number of fused-ring (bicyclic) bond motifs is 2. The number of hydrogen-bond acceptors (Lipinski definition) is 4. The summed E-state index contributed by atoms with van der Waals surface area (Å²) < 4.78 is 19.3. The molecule has 1 saturated heterocycles. The molecular formula is C37H47N2O3+. The van der Waals surface area contributed by atoms with Crippen LogP contribution in [-0.4, -0.2) is 56.1 Å². The highest BCUT2D eigenvalue weighted by atomic mass is 16.7. The number of anilines is 1. The van der Waals surface area contributed by atoms with E-state index in [1.807, 2.05) is 0 Å². The lowest BCUT2D eigenvalue weighted by molar-refractivity contribution is -0.442. The van der Waals surface area contributed by atoms with Crippen molar-refractivity contribution in [1.82, 2.24) is 0 Å². The minimum Gasteiger partial charge on any atom is -0.378 e. The Hall–Kier alpha value is -3.25. The van der Waals surface area contributed by atoms with Crippen molar-refractivity contribution in [3.8, 4) is 0 Å². The first-order valence-electron chi connectivity index (χ1n) is 15.3. The third-order valence-electron chi connectivity index (χ3n) is 8.91. The maximum absolute atomic E-state index is 5.74. The first kappa shape index (κ1) is 30.2. The van der Waals surface area contributed by atoms with Crippen LogP contribution in [0.25, 0.3) is 0 Å². The molecule has 1 fully saturated rings. The normalized spacial score (nSPS) is 21.5. The zero-order chi connectivity index (χ0) is 29.7. The molecule has 0 saturated carbocycles. The van der Waals surface area contributed by atoms with E-state index in [0.29, 0.717) is 13.2 Å². The van der Waals surface area contributed by atoms with Gasteiger partial charge in [0.1, 0.15) is 0 Å². The van der Waals surface area contributed by atoms with Gasteiger partial charge in [-0.25, -0.2) is 0 Å². The van der Waals surface area contributed by atoms with Crippen LogP contribution in [0.15, 0.2) is 96.8 Å². The van der Waals surface area contributed by atoms with Crippen molar-refractivity contribution in [2.75, 3.05) is 38.3 Å². The maximum Gasteiger partial charge on any atom is 0.209 e. The fourth-order valence-corrected chi connectivity index (χ4v) is 6.50. The van der Waals surface area contributed by atoms with E-state index >= 15 is 0 Å². The van der Waals surface area contributed by atoms with E-state index in [2.05, 4.69) is 135 Å². The molecule has 0 N–H and O–H groups in total. The Balaban J connectivity index is 1.37. The van der Waals surface area contributed by atoms with Gasteiger partial charge in [0.25, 0.3) is 0 Å². The molecule has 1 atom stereocenters. The smallest absolute Gasteiger partial charge is 0.209 e. The van der Waals surface area contributed by atoms with E-state index in [1.54, 1.807) is 7.11 Å². The Labute approximate surface area is 252 Å². The summed E-state index contributed by atoms with van der Waals surface area (Å²) in [7, 11) is 1.75. The van der Waals surface area contributed by atoms with Crippen LogP contribution in [0.1, 0.15) is 58.6 Å². The second kappa shape index (κ2) is 12.9. The SMILES string of the molecule is COC(C)/C=C/CCN1/C(=C/C=C/C=C/C2=[N+](CCC3OCCO3)c3ccccc3C2(C)C)C(C)(C)c2ccccc21. The number of para-hydroxylation sites is 2. The summed E-state index contributed by atoms with van der Waals surface area (Å²) in [4.78, 5) is 2.48. The van der Waals surface area contributed by atoms with Crippen molar-refractivity contribution in [1.29, 1.82) is 0 Å². The predicted octanol–water partition coefficient (Wildman–Crippen LogP) is 7.60. The van der Waals surface area contributed by atoms with Gasteiger partial charge >= 0.3 is 0 Å². The van der Waals surface area contributed by atoms with Crippen molar-refractivity contribution < 1.29 is 18.8 Å². The van der Waals surface area contributed by atoms with Crippen LogP contribution in [0.5, 0.6) is 0 Å². The third-order valence-corrected chi connectivity index (χ3v) is 8.91. The van der Waals surface area contributed by atoms with E-state index in [-0.39, 0.29) is 23.2 Å². The molecule has 0 spiro atoms. The molecular weight excluding hydrogens is 520 g/mol. The summed E-state index contributed by atoms with van der Waals surface area (Å²) in [5, 5.41) is 0. The summed E-state index contributed by atoms with van der Waals surface area (Å²) in [5.41, 5.74) is 7.78. The quantitative estimate of drug-likeness (QED) is 0.159. The number of allylic oxidation sites excluding steroid dienone is 6. The molecule has 5 rings (SSSR count). The lowest BCUT2D eigenvalue weighted by Crippen LogP contribution is -2.28. The molecule has 3 aliphatic rings. The van der Waals surface area contributed by atoms with E-state index in [1.165, 1.54) is 33.9 Å². The molecule has 0 amide bonds. The van der Waals surface area contributed by atoms with E-state index < -0.39 is 0 Å². The standard InChI is InChI=1S/C37H47N2O3/c1-28(40-6)16-14-15-24-38-31-19-12-10-17-29(31)36(2,3)33(38)21-8-7-9-22-34-37(4,5)30-18-11-13-20-32(30)39(34)25-23-35-41-26-27-42-35/h7-14,16-22,28,35H,15,23-27H2,1-6H3/q+1/b16-14+. The van der Waals surface area contributed by atoms with Crippen LogP contribution >= 0.6 is 0 Å². The van der Waals surface area contributed by atoms with E-state index in [9.17, 15) is 0 Å². The van der Waals surface area contributed by atoms with Gasteiger partial charge in [0.2, 0.25) is 5.69 Å². The van der Waals surface area contributed by atoms with Crippen LogP contribution in [0.2, 0.25) is 0 Å². The highest BCUT2D eigenvalue weighted by Gasteiger charge is 2.44. The molecule has 2 aromatic carbocycles. The van der Waals surface area contributed by atoms with Gasteiger partial charge in [0, 0.05) is 48.2 Å². The number of nitrogens with zero attached hydrogens (tertiary/aromatic N) is 2. The zero-order valence-corrected chi connectivity index (χ0v) is 26.2. The van der Waals surface area contributed by atoms with Gasteiger partial charge in [-0.15, -0.1) is 0 Å². The monoisotopic (exact) mass is 567 g/mol. The Morgan fingerprint density at radius 2 is 1.67 bits per heavy atom. The first-order chi connectivity index (χ1) is 20.2. The van der Waals surface area contributed by atoms with Gasteiger partial charge in [-0.1, -0.05) is 80.6 Å². The van der Waals surface area contributed by atoms with Crippen LogP contribution in [0.3, 0.4) is 0 Å². The summed E-state index contributed by atoms with van der Waals surface area (Å²) >= 11 is 0. The average Bonchev–Trinajstić information content (AvgIpc) is 3.64. The Kier molecular flexibility index (Phi) is 9.32. The predicted molar refractivity (Wildman–Crippen MR) is 173 cm³/mol. The number of methoxy groups -OCH3 is 1. The molecule has 0 aromatic heterocycles. The topological polar surface area (TPSA) is 33.9 Å². The molecule has 222 valence electrons. The minimum absolute atomic E-state index is 0.0702. The van der Waals surface area contributed by atoms with Crippen molar-refractivity contribution in [2.24, 2.45) is 0 Å². The number of benzene rings is 2. The maximum atomic E-state index is 5.74. The molecule has 3 aliphatic heterocycles. The molecule has 5 nitrogen and oxygen atoms in total. The van der Waals surface area contributed by atoms with Gasteiger partial charge < -0.3 is 19.1 Å². The van der Waals surface area contributed by atoms with Crippen LogP contribution < -0.4 is 4.90 Å². The summed E-state index contributed by atoms with van der Waals surface area (Å²) in [5.74, 6) is 0. The lowest BCUT2D eigenvalue weighted by atomic mass is 9.81. The molecule has 0 bridgehead atoms. The molecule has 3 heterocycles. The number of rotatable bonds is 11. The molecule has 0 radical (unpaired) electrons. The van der Waals surface area contributed by atoms with Crippen molar-refractivity contribution >= 4 is 17.1 Å². The molecule has 5 heteroatoms. The van der Waals surface area contributed by atoms with Crippen molar-refractivity contribution in [2.45, 2.75) is 70.7 Å². The first-order valence-corrected chi connectivity index (χ1v) is 15.3. The summed E-state index contributed by atoms with van der Waals surface area (Å²) in [6, 6.07) is 17.6. The van der Waals surface area contributed by atoms with Gasteiger partial charge in [-0.05, 0) is 44.9 Å². The van der Waals surface area contributed by atoms with Gasteiger partial charge in [-0.3, -0.25) is 0 Å². The van der Waals surface area contributed by atoms with Crippen LogP contribution in [-0.2, 0) is 25.0 Å². The Morgan fingerprint density at radius 1 is 0.952 bits per heavy atom. The van der Waals surface area contributed by atoms with Gasteiger partial charge in [-0.2, -0.15) is 4.58 Å². The minimum atomic E-state index is -0.113. The second-order valence-electron chi connectivity index (χ2n) is 12.4. The average molecular weight is 568 g/mol. The highest BCUT2D eigenvalue weighted by Crippen LogP contribution is 2.47. The van der Waals surface area contributed by atoms with E-state index in [0.717, 1.165) is 25.9 Å². The molecule has 42 heavy (non-hydrogen) atoms. The van der Waals surface area contributed by atoms with Crippen molar-refractivity contribution in [3.63, 3.8) is 0 Å². The van der Waals surface area contributed by atoms with Crippen molar-refractivity contribution in [3.05, 3.63) is 108 Å². The van der Waals surface area contributed by atoms with Gasteiger partial charge in [0.05, 0.1) is 31.2 Å². The lowest BCUT2D eigenvalue weighted by Gasteiger charge is -2.26. The molecule has 1 unspecified atom stereocenters. The largest absolute Gasteiger partial charge is 0.378 e. The van der Waals surface area contributed by atoms with Gasteiger partial charge in [0.15, 0.2) is 18.5 Å². The van der Waals surface area contributed by atoms with Crippen LogP contribution in [0.4, 0.5) is 11.4 Å².